The Morgan fingerprint density at radius 2 is 2.27 bits per heavy atom. The highest BCUT2D eigenvalue weighted by Crippen LogP contribution is 2.28. The average Bonchev–Trinajstić information content (AvgIpc) is 3.08. The number of nitrogens with one attached hydrogen (secondary N) is 2. The third kappa shape index (κ3) is 3.38. The number of anilines is 2. The minimum absolute atomic E-state index is 0.720. The van der Waals surface area contributed by atoms with Crippen LogP contribution in [0.15, 0.2) is 12.3 Å². The molecule has 0 aliphatic heterocycles. The highest BCUT2D eigenvalue weighted by molar-refractivity contribution is 5.39. The van der Waals surface area contributed by atoms with Gasteiger partial charge in [-0.1, -0.05) is 6.92 Å². The van der Waals surface area contributed by atoms with Crippen LogP contribution >= 0.6 is 0 Å². The van der Waals surface area contributed by atoms with Gasteiger partial charge in [-0.3, -0.25) is 0 Å². The van der Waals surface area contributed by atoms with Gasteiger partial charge in [0, 0.05) is 19.3 Å². The van der Waals surface area contributed by atoms with Crippen molar-refractivity contribution < 1.29 is 0 Å². The predicted molar refractivity (Wildman–Crippen MR) is 62.0 cm³/mol. The first-order valence-electron chi connectivity index (χ1n) is 5.69. The van der Waals surface area contributed by atoms with Crippen molar-refractivity contribution in [3.05, 3.63) is 12.3 Å². The zero-order valence-electron chi connectivity index (χ0n) is 9.16. The molecule has 0 radical (unpaired) electrons. The normalized spacial score (nSPS) is 15.0. The highest BCUT2D eigenvalue weighted by Gasteiger charge is 2.20. The maximum atomic E-state index is 4.38. The van der Waals surface area contributed by atoms with E-state index in [1.165, 1.54) is 12.8 Å². The van der Waals surface area contributed by atoms with Gasteiger partial charge in [-0.25, -0.2) is 4.98 Å². The van der Waals surface area contributed by atoms with Crippen molar-refractivity contribution in [1.29, 1.82) is 0 Å². The van der Waals surface area contributed by atoms with Crippen molar-refractivity contribution >= 4 is 11.8 Å². The van der Waals surface area contributed by atoms with E-state index in [4.69, 9.17) is 0 Å². The van der Waals surface area contributed by atoms with Gasteiger partial charge in [0.25, 0.3) is 0 Å². The summed E-state index contributed by atoms with van der Waals surface area (Å²) in [6.45, 7) is 4.10. The molecule has 1 aromatic rings. The predicted octanol–water partition coefficient (Wildman–Crippen LogP) is 2.12. The van der Waals surface area contributed by atoms with Crippen molar-refractivity contribution in [2.45, 2.75) is 26.2 Å². The molecule has 0 atom stereocenters. The average molecular weight is 206 g/mol. The summed E-state index contributed by atoms with van der Waals surface area (Å²) in [5.41, 5.74) is 0. The fraction of sp³-hybridized carbons (Fsp3) is 0.636. The third-order valence-corrected chi connectivity index (χ3v) is 2.46. The summed E-state index contributed by atoms with van der Waals surface area (Å²) in [7, 11) is 0. The van der Waals surface area contributed by atoms with Crippen molar-refractivity contribution in [2.24, 2.45) is 5.92 Å². The lowest BCUT2D eigenvalue weighted by Gasteiger charge is -2.06. The van der Waals surface area contributed by atoms with Gasteiger partial charge < -0.3 is 10.6 Å². The maximum absolute atomic E-state index is 4.38. The molecule has 2 rings (SSSR count). The minimum Gasteiger partial charge on any atom is -0.370 e. The van der Waals surface area contributed by atoms with E-state index in [1.807, 2.05) is 6.07 Å². The fourth-order valence-corrected chi connectivity index (χ4v) is 1.35. The lowest BCUT2D eigenvalue weighted by Crippen LogP contribution is -2.08. The molecule has 1 saturated carbocycles. The Hall–Kier alpha value is -1.32. The van der Waals surface area contributed by atoms with Crippen LogP contribution in [0.5, 0.6) is 0 Å². The number of hydrogen-bond donors (Lipinski definition) is 2. The van der Waals surface area contributed by atoms with Crippen LogP contribution in [-0.4, -0.2) is 23.1 Å². The number of aromatic nitrogens is 2. The van der Waals surface area contributed by atoms with Gasteiger partial charge in [0.2, 0.25) is 5.95 Å². The van der Waals surface area contributed by atoms with E-state index in [9.17, 15) is 0 Å². The van der Waals surface area contributed by atoms with Crippen LogP contribution in [-0.2, 0) is 0 Å². The molecular formula is C11H18N4. The Kier molecular flexibility index (Phi) is 3.37. The SMILES string of the molecule is CCCNc1nccc(NCC2CC2)n1. The summed E-state index contributed by atoms with van der Waals surface area (Å²) < 4.78 is 0. The van der Waals surface area contributed by atoms with E-state index in [2.05, 4.69) is 27.5 Å². The summed E-state index contributed by atoms with van der Waals surface area (Å²) in [5.74, 6) is 2.51. The minimum atomic E-state index is 0.720. The van der Waals surface area contributed by atoms with Crippen LogP contribution in [0, 0.1) is 5.92 Å². The Balaban J connectivity index is 1.85. The van der Waals surface area contributed by atoms with Crippen molar-refractivity contribution in [3.8, 4) is 0 Å². The molecule has 1 aliphatic rings. The molecule has 4 nitrogen and oxygen atoms in total. The topological polar surface area (TPSA) is 49.8 Å². The van der Waals surface area contributed by atoms with Gasteiger partial charge in [0.15, 0.2) is 0 Å². The molecule has 0 saturated heterocycles. The molecule has 0 aromatic carbocycles. The van der Waals surface area contributed by atoms with Crippen LogP contribution in [0.4, 0.5) is 11.8 Å². The molecule has 0 unspecified atom stereocenters. The molecule has 2 N–H and O–H groups in total. The van der Waals surface area contributed by atoms with Gasteiger partial charge >= 0.3 is 0 Å². The van der Waals surface area contributed by atoms with Crippen LogP contribution in [0.2, 0.25) is 0 Å². The van der Waals surface area contributed by atoms with Crippen molar-refractivity contribution in [1.82, 2.24) is 9.97 Å². The second-order valence-electron chi connectivity index (χ2n) is 4.02. The van der Waals surface area contributed by atoms with E-state index in [1.54, 1.807) is 6.20 Å². The molecule has 0 bridgehead atoms. The molecule has 1 aromatic heterocycles. The maximum Gasteiger partial charge on any atom is 0.224 e. The number of hydrogen-bond acceptors (Lipinski definition) is 4. The van der Waals surface area contributed by atoms with Crippen LogP contribution in [0.25, 0.3) is 0 Å². The summed E-state index contributed by atoms with van der Waals surface area (Å²) in [6, 6.07) is 1.92. The van der Waals surface area contributed by atoms with Gasteiger partial charge in [0.05, 0.1) is 0 Å². The summed E-state index contributed by atoms with van der Waals surface area (Å²) in [5, 5.41) is 6.51. The first kappa shape index (κ1) is 10.2. The van der Waals surface area contributed by atoms with Gasteiger partial charge in [-0.2, -0.15) is 4.98 Å². The Morgan fingerprint density at radius 1 is 1.40 bits per heavy atom. The van der Waals surface area contributed by atoms with Crippen LogP contribution < -0.4 is 10.6 Å². The second kappa shape index (κ2) is 4.96. The van der Waals surface area contributed by atoms with Crippen LogP contribution in [0.3, 0.4) is 0 Å². The Morgan fingerprint density at radius 3 is 3.00 bits per heavy atom. The van der Waals surface area contributed by atoms with Gasteiger partial charge in [0.1, 0.15) is 5.82 Å². The van der Waals surface area contributed by atoms with E-state index in [0.717, 1.165) is 37.2 Å². The molecule has 1 heterocycles. The molecule has 0 amide bonds. The molecule has 15 heavy (non-hydrogen) atoms. The molecule has 0 spiro atoms. The van der Waals surface area contributed by atoms with E-state index >= 15 is 0 Å². The van der Waals surface area contributed by atoms with Gasteiger partial charge in [-0.05, 0) is 31.2 Å². The highest BCUT2D eigenvalue weighted by atomic mass is 15.1. The quantitative estimate of drug-likeness (QED) is 0.748. The summed E-state index contributed by atoms with van der Waals surface area (Å²) in [4.78, 5) is 8.53. The zero-order chi connectivity index (χ0) is 10.5. The molecular weight excluding hydrogens is 188 g/mol. The smallest absolute Gasteiger partial charge is 0.224 e. The van der Waals surface area contributed by atoms with Crippen LogP contribution in [0.1, 0.15) is 26.2 Å². The summed E-state index contributed by atoms with van der Waals surface area (Å²) >= 11 is 0. The monoisotopic (exact) mass is 206 g/mol. The number of nitrogens with zero attached hydrogens (tertiary/aromatic N) is 2. The van der Waals surface area contributed by atoms with Crippen molar-refractivity contribution in [2.75, 3.05) is 23.7 Å². The standard InChI is InChI=1S/C11H18N4/c1-2-6-12-11-13-7-5-10(15-11)14-8-9-3-4-9/h5,7,9H,2-4,6,8H2,1H3,(H2,12,13,14,15). The van der Waals surface area contributed by atoms with E-state index in [0.29, 0.717) is 0 Å². The molecule has 82 valence electrons. The number of rotatable bonds is 6. The van der Waals surface area contributed by atoms with E-state index < -0.39 is 0 Å². The third-order valence-electron chi connectivity index (χ3n) is 2.46. The van der Waals surface area contributed by atoms with Crippen molar-refractivity contribution in [3.63, 3.8) is 0 Å². The molecule has 1 aliphatic carbocycles. The first-order chi connectivity index (χ1) is 7.38. The molecule has 1 fully saturated rings. The lowest BCUT2D eigenvalue weighted by atomic mass is 10.4. The lowest BCUT2D eigenvalue weighted by molar-refractivity contribution is 0.879. The fourth-order valence-electron chi connectivity index (χ4n) is 1.35. The largest absolute Gasteiger partial charge is 0.370 e. The first-order valence-corrected chi connectivity index (χ1v) is 5.69. The molecule has 4 heteroatoms. The zero-order valence-corrected chi connectivity index (χ0v) is 9.16. The van der Waals surface area contributed by atoms with Gasteiger partial charge in [-0.15, -0.1) is 0 Å². The second-order valence-corrected chi connectivity index (χ2v) is 4.02. The Labute approximate surface area is 90.5 Å². The van der Waals surface area contributed by atoms with E-state index in [-0.39, 0.29) is 0 Å². The Bertz CT molecular complexity index is 309. The summed E-state index contributed by atoms with van der Waals surface area (Å²) in [6.07, 6.45) is 5.60.